The monoisotopic (exact) mass is 508 g/mol. The van der Waals surface area contributed by atoms with Crippen LogP contribution < -0.4 is 20.1 Å². The van der Waals surface area contributed by atoms with Gasteiger partial charge in [0, 0.05) is 0 Å². The second-order valence-electron chi connectivity index (χ2n) is 8.74. The number of hydrogen-bond acceptors (Lipinski definition) is 5. The van der Waals surface area contributed by atoms with Crippen LogP contribution in [0.25, 0.3) is 16.5 Å². The second-order valence-corrected chi connectivity index (χ2v) is 8.74. The van der Waals surface area contributed by atoms with E-state index in [0.29, 0.717) is 40.5 Å². The van der Waals surface area contributed by atoms with E-state index in [0.717, 1.165) is 16.3 Å². The van der Waals surface area contributed by atoms with Gasteiger partial charge in [0.05, 0.1) is 31.0 Å². The standard InChI is InChI=1S/C31H28N2O5/c1-3-37-30(34)27-28(21-11-5-4-6-12-21)32-31(35)33-29(27)22-16-17-25(26(18-22)36-2)38-19-23-14-9-13-20-10-7-8-15-24(20)23/h4-18,29H,3,19H2,1-2H3,(H2,32,33,35)/t29-/m1/s1. The first-order chi connectivity index (χ1) is 18.6. The van der Waals surface area contributed by atoms with Crippen LogP contribution >= 0.6 is 0 Å². The van der Waals surface area contributed by atoms with Gasteiger partial charge in [-0.2, -0.15) is 0 Å². The SMILES string of the molecule is CCOC(=O)C1=C(c2ccccc2)NC(=O)N[C@@H]1c1ccc(OCc2cccc3ccccc23)c(OC)c1. The number of nitrogens with one attached hydrogen (secondary N) is 2. The maximum atomic E-state index is 13.1. The molecule has 7 heteroatoms. The normalized spacial score (nSPS) is 15.0. The lowest BCUT2D eigenvalue weighted by Gasteiger charge is -2.30. The van der Waals surface area contributed by atoms with Gasteiger partial charge < -0.3 is 24.8 Å². The van der Waals surface area contributed by atoms with Gasteiger partial charge in [0.2, 0.25) is 0 Å². The van der Waals surface area contributed by atoms with Gasteiger partial charge in [0.1, 0.15) is 6.61 Å². The van der Waals surface area contributed by atoms with Gasteiger partial charge in [-0.1, -0.05) is 78.9 Å². The minimum atomic E-state index is -0.751. The van der Waals surface area contributed by atoms with Crippen molar-refractivity contribution in [3.8, 4) is 11.5 Å². The molecule has 0 bridgehead atoms. The summed E-state index contributed by atoms with van der Waals surface area (Å²) in [5.74, 6) is 0.522. The molecule has 7 nitrogen and oxygen atoms in total. The number of fused-ring (bicyclic) bond motifs is 1. The zero-order chi connectivity index (χ0) is 26.5. The molecule has 2 N–H and O–H groups in total. The van der Waals surface area contributed by atoms with Crippen molar-refractivity contribution < 1.29 is 23.8 Å². The Hall–Kier alpha value is -4.78. The van der Waals surface area contributed by atoms with E-state index in [2.05, 4.69) is 28.8 Å². The lowest BCUT2D eigenvalue weighted by Crippen LogP contribution is -2.45. The number of urea groups is 1. The molecule has 1 atom stereocenters. The first-order valence-electron chi connectivity index (χ1n) is 12.4. The first-order valence-corrected chi connectivity index (χ1v) is 12.4. The molecule has 192 valence electrons. The molecule has 1 aliphatic heterocycles. The summed E-state index contributed by atoms with van der Waals surface area (Å²) in [4.78, 5) is 25.8. The number of esters is 1. The third-order valence-electron chi connectivity index (χ3n) is 6.41. The van der Waals surface area contributed by atoms with E-state index < -0.39 is 18.0 Å². The van der Waals surface area contributed by atoms with Crippen LogP contribution in [0.3, 0.4) is 0 Å². The quantitative estimate of drug-likeness (QED) is 0.296. The molecule has 4 aromatic carbocycles. The lowest BCUT2D eigenvalue weighted by atomic mass is 9.92. The largest absolute Gasteiger partial charge is 0.493 e. The smallest absolute Gasteiger partial charge is 0.338 e. The van der Waals surface area contributed by atoms with E-state index in [4.69, 9.17) is 14.2 Å². The van der Waals surface area contributed by atoms with Crippen molar-refractivity contribution in [2.45, 2.75) is 19.6 Å². The number of rotatable bonds is 8. The minimum Gasteiger partial charge on any atom is -0.493 e. The summed E-state index contributed by atoms with van der Waals surface area (Å²) in [6, 6.07) is 27.7. The molecule has 0 unspecified atom stereocenters. The predicted octanol–water partition coefficient (Wildman–Crippen LogP) is 5.76. The molecule has 0 saturated heterocycles. The van der Waals surface area contributed by atoms with Crippen LogP contribution in [0.4, 0.5) is 4.79 Å². The fraction of sp³-hybridized carbons (Fsp3) is 0.161. The average molecular weight is 509 g/mol. The summed E-state index contributed by atoms with van der Waals surface area (Å²) >= 11 is 0. The van der Waals surface area contributed by atoms with E-state index in [-0.39, 0.29) is 6.61 Å². The van der Waals surface area contributed by atoms with Crippen LogP contribution in [-0.4, -0.2) is 25.7 Å². The Labute approximate surface area is 221 Å². The number of carbonyl (C=O) groups is 2. The molecule has 0 saturated carbocycles. The van der Waals surface area contributed by atoms with Gasteiger partial charge in [0.15, 0.2) is 11.5 Å². The number of methoxy groups -OCH3 is 1. The molecule has 0 spiro atoms. The fourth-order valence-electron chi connectivity index (χ4n) is 4.63. The van der Waals surface area contributed by atoms with Crippen molar-refractivity contribution >= 4 is 28.5 Å². The van der Waals surface area contributed by atoms with Crippen molar-refractivity contribution in [2.24, 2.45) is 0 Å². The molecule has 2 amide bonds. The summed E-state index contributed by atoms with van der Waals surface area (Å²) in [7, 11) is 1.56. The highest BCUT2D eigenvalue weighted by Crippen LogP contribution is 2.37. The number of benzene rings is 4. The van der Waals surface area contributed by atoms with E-state index in [1.807, 2.05) is 60.7 Å². The van der Waals surface area contributed by atoms with Crippen molar-refractivity contribution in [2.75, 3.05) is 13.7 Å². The highest BCUT2D eigenvalue weighted by Gasteiger charge is 2.34. The Bertz CT molecular complexity index is 1510. The summed E-state index contributed by atoms with van der Waals surface area (Å²) < 4.78 is 17.2. The zero-order valence-electron chi connectivity index (χ0n) is 21.2. The second kappa shape index (κ2) is 11.1. The van der Waals surface area contributed by atoms with Crippen LogP contribution in [0.5, 0.6) is 11.5 Å². The topological polar surface area (TPSA) is 85.9 Å². The number of amides is 2. The molecule has 0 aliphatic carbocycles. The van der Waals surface area contributed by atoms with Gasteiger partial charge >= 0.3 is 12.0 Å². The summed E-state index contributed by atoms with van der Waals surface area (Å²) in [6.07, 6.45) is 0. The van der Waals surface area contributed by atoms with E-state index in [1.165, 1.54) is 0 Å². The molecule has 4 aromatic rings. The molecule has 38 heavy (non-hydrogen) atoms. The Morgan fingerprint density at radius 3 is 2.45 bits per heavy atom. The fourth-order valence-corrected chi connectivity index (χ4v) is 4.63. The molecule has 0 fully saturated rings. The minimum absolute atomic E-state index is 0.204. The lowest BCUT2D eigenvalue weighted by molar-refractivity contribution is -0.138. The summed E-state index contributed by atoms with van der Waals surface area (Å²) in [6.45, 7) is 2.30. The molecular formula is C31H28N2O5. The van der Waals surface area contributed by atoms with Gasteiger partial charge in [0.25, 0.3) is 0 Å². The molecule has 0 aromatic heterocycles. The first kappa shape index (κ1) is 24.9. The van der Waals surface area contributed by atoms with Gasteiger partial charge in [-0.05, 0) is 46.5 Å². The Morgan fingerprint density at radius 2 is 1.66 bits per heavy atom. The van der Waals surface area contributed by atoms with Crippen LogP contribution in [0, 0.1) is 0 Å². The van der Waals surface area contributed by atoms with Gasteiger partial charge in [-0.15, -0.1) is 0 Å². The summed E-state index contributed by atoms with van der Waals surface area (Å²) in [5, 5.41) is 7.92. The average Bonchev–Trinajstić information content (AvgIpc) is 2.96. The molecule has 1 aliphatic rings. The van der Waals surface area contributed by atoms with E-state index >= 15 is 0 Å². The van der Waals surface area contributed by atoms with Crippen LogP contribution in [0.2, 0.25) is 0 Å². The Balaban J connectivity index is 1.49. The predicted molar refractivity (Wildman–Crippen MR) is 146 cm³/mol. The maximum absolute atomic E-state index is 13.1. The van der Waals surface area contributed by atoms with Crippen molar-refractivity contribution in [1.29, 1.82) is 0 Å². The highest BCUT2D eigenvalue weighted by atomic mass is 16.5. The molecule has 5 rings (SSSR count). The van der Waals surface area contributed by atoms with E-state index in [9.17, 15) is 9.59 Å². The third kappa shape index (κ3) is 5.04. The third-order valence-corrected chi connectivity index (χ3v) is 6.41. The van der Waals surface area contributed by atoms with Gasteiger partial charge in [-0.25, -0.2) is 9.59 Å². The van der Waals surface area contributed by atoms with Gasteiger partial charge in [-0.3, -0.25) is 0 Å². The number of carbonyl (C=O) groups excluding carboxylic acids is 2. The highest BCUT2D eigenvalue weighted by molar-refractivity contribution is 6.04. The van der Waals surface area contributed by atoms with Crippen LogP contribution in [0.15, 0.2) is 96.6 Å². The van der Waals surface area contributed by atoms with Crippen molar-refractivity contribution in [3.63, 3.8) is 0 Å². The maximum Gasteiger partial charge on any atom is 0.338 e. The summed E-state index contributed by atoms with van der Waals surface area (Å²) in [5.41, 5.74) is 3.14. The van der Waals surface area contributed by atoms with Crippen LogP contribution in [0.1, 0.15) is 29.7 Å². The van der Waals surface area contributed by atoms with E-state index in [1.54, 1.807) is 26.2 Å². The molecule has 0 radical (unpaired) electrons. The Morgan fingerprint density at radius 1 is 0.895 bits per heavy atom. The Kier molecular flexibility index (Phi) is 7.26. The van der Waals surface area contributed by atoms with Crippen LogP contribution in [-0.2, 0) is 16.1 Å². The zero-order valence-corrected chi connectivity index (χ0v) is 21.2. The van der Waals surface area contributed by atoms with Crippen molar-refractivity contribution in [3.05, 3.63) is 113 Å². The molecular weight excluding hydrogens is 480 g/mol. The van der Waals surface area contributed by atoms with Crippen molar-refractivity contribution in [1.82, 2.24) is 10.6 Å². The number of ether oxygens (including phenoxy) is 3. The molecule has 1 heterocycles. The number of hydrogen-bond donors (Lipinski definition) is 2.